The Morgan fingerprint density at radius 1 is 0.132 bits per heavy atom. The number of rotatable bonds is 20. The van der Waals surface area contributed by atoms with Crippen LogP contribution in [0, 0.1) is 70.9 Å². The third-order valence-electron chi connectivity index (χ3n) is 26.9. The number of hydrogen-bond donors (Lipinski definition) is 0. The Morgan fingerprint density at radius 2 is 0.312 bits per heavy atom. The Bertz CT molecular complexity index is 8400. The van der Waals surface area contributed by atoms with Gasteiger partial charge in [0.1, 0.15) is 64.0 Å². The van der Waals surface area contributed by atoms with Gasteiger partial charge in [0.25, 0.3) is 0 Å². The molecule has 0 atom stereocenters. The Morgan fingerprint density at radius 3 is 0.528 bits per heavy atom. The first-order valence-electron chi connectivity index (χ1n) is 46.9. The van der Waals surface area contributed by atoms with Crippen LogP contribution in [0.4, 0.5) is 117 Å². The first-order chi connectivity index (χ1) is 70.3. The van der Waals surface area contributed by atoms with Gasteiger partial charge in [0.2, 0.25) is 0 Å². The van der Waals surface area contributed by atoms with E-state index in [-0.39, 0.29) is 63.0 Å². The van der Waals surface area contributed by atoms with Gasteiger partial charge in [-0.1, -0.05) is 285 Å². The SMILES string of the molecule is Cc1ccc(-c2ccc(-c3ccc(F)c(N(c4cc5ccc6cc(N(c7ccccc7F)c7cc(-c8ccc(-c9ccc(F)cc9)cc8)ccc7F)cc7ccc(c4)c5c67)c4ccccc4F)c3)cc2)cc1.Fc1cccc(-c2ccc(-c3ccc(F)c(N(c4cc5ccc6cc(N(c7ccccc7F)c7cc(-c8ccc(-c9cccc(F)c9)cc8)ccc7F)cc7ccc(c4)c5c67)c4ccccc4F)c3)cc2)c1. The van der Waals surface area contributed by atoms with E-state index in [9.17, 15) is 13.2 Å². The smallest absolute Gasteiger partial charge is 0.147 e. The number of para-hydroxylation sites is 4. The maximum absolute atomic E-state index is 16.4. The van der Waals surface area contributed by atoms with Crippen LogP contribution in [0.2, 0.25) is 0 Å². The maximum Gasteiger partial charge on any atom is 0.147 e. The number of halogens is 11. The number of nitrogens with zero attached hydrogens (tertiary/aromatic N) is 4. The van der Waals surface area contributed by atoms with Gasteiger partial charge in [0.15, 0.2) is 0 Å². The molecule has 24 rings (SSSR count). The largest absolute Gasteiger partial charge is 0.305 e. The summed E-state index contributed by atoms with van der Waals surface area (Å²) in [5.74, 6) is -5.28. The van der Waals surface area contributed by atoms with Crippen molar-refractivity contribution in [1.82, 2.24) is 0 Å². The van der Waals surface area contributed by atoms with E-state index in [4.69, 9.17) is 0 Å². The molecule has 692 valence electrons. The average Bonchev–Trinajstić information content (AvgIpc) is 0.727. The van der Waals surface area contributed by atoms with E-state index in [0.717, 1.165) is 143 Å². The topological polar surface area (TPSA) is 13.0 Å². The lowest BCUT2D eigenvalue weighted by molar-refractivity contribution is 0.619. The molecular formula is C129H79F11N4. The molecule has 0 aromatic heterocycles. The molecule has 0 heterocycles. The highest BCUT2D eigenvalue weighted by molar-refractivity contribution is 6.26. The summed E-state index contributed by atoms with van der Waals surface area (Å²) in [6.45, 7) is 2.06. The lowest BCUT2D eigenvalue weighted by Gasteiger charge is -2.28. The Balaban J connectivity index is 0.000000159. The van der Waals surface area contributed by atoms with Crippen LogP contribution in [-0.4, -0.2) is 0 Å². The summed E-state index contributed by atoms with van der Waals surface area (Å²) in [7, 11) is 0. The van der Waals surface area contributed by atoms with Crippen LogP contribution in [0.5, 0.6) is 0 Å². The monoisotopic (exact) mass is 1890 g/mol. The maximum atomic E-state index is 16.4. The van der Waals surface area contributed by atoms with E-state index in [1.807, 2.05) is 206 Å². The normalized spacial score (nSPS) is 11.5. The highest BCUT2D eigenvalue weighted by Crippen LogP contribution is 2.52. The summed E-state index contributed by atoms with van der Waals surface area (Å²) >= 11 is 0. The first-order valence-corrected chi connectivity index (χ1v) is 46.9. The summed E-state index contributed by atoms with van der Waals surface area (Å²) in [5, 5.41) is 10.3. The molecule has 0 amide bonds. The third kappa shape index (κ3) is 17.2. The Hall–Kier alpha value is -18.2. The molecule has 24 aromatic carbocycles. The summed E-state index contributed by atoms with van der Waals surface area (Å²) < 4.78 is 172. The van der Waals surface area contributed by atoms with Crippen molar-refractivity contribution in [3.8, 4) is 89.0 Å². The molecule has 0 saturated heterocycles. The van der Waals surface area contributed by atoms with E-state index >= 15 is 35.1 Å². The van der Waals surface area contributed by atoms with Gasteiger partial charge < -0.3 is 19.6 Å². The van der Waals surface area contributed by atoms with Crippen molar-refractivity contribution in [3.63, 3.8) is 0 Å². The van der Waals surface area contributed by atoms with Gasteiger partial charge in [-0.25, -0.2) is 48.3 Å². The van der Waals surface area contributed by atoms with Crippen LogP contribution in [0.15, 0.2) is 461 Å². The standard InChI is InChI=1S/C65H41F5N2.C64H38F6N2/c1-40-10-12-41(13-11-40)42-14-18-45(19-15-42)47-28-32-58(69)62(38-47)71(60-8-4-2-6-56(60)67)54-34-49-22-24-51-36-55(37-52-25-23-50(35-54)64(49)65(51)52)72(61-9-5-3-7-57(61)68)63-39-48(29-33-59(63)70)46-20-16-43(17-21-46)44-26-30-53(66)31-27-44;65-51-9-5-7-43(31-51)39-15-19-41(20-16-39)45-27-29-57(69)61(37-45)71(59-13-3-1-11-55(59)67)53-33-47-23-25-49-35-54(36-50-26-24-48(34-53)63(47)64(49)50)72(60-14-4-2-12-56(60)68)62-38-46(28-30-58(62)70)42-21-17-40(18-22-42)44-8-6-10-52(66)32-44/h2-39H,1H3;1-38H. The van der Waals surface area contributed by atoms with Crippen molar-refractivity contribution in [2.75, 3.05) is 19.6 Å². The molecule has 0 unspecified atom stereocenters. The number of aryl methyl sites for hydroxylation is 1. The van der Waals surface area contributed by atoms with Gasteiger partial charge >= 0.3 is 0 Å². The van der Waals surface area contributed by atoms with Crippen LogP contribution in [-0.2, 0) is 0 Å². The quantitative estimate of drug-likeness (QED) is 0.0557. The molecule has 15 heteroatoms. The highest BCUT2D eigenvalue weighted by atomic mass is 19.2. The summed E-state index contributed by atoms with van der Waals surface area (Å²) in [5.41, 5.74) is 17.8. The van der Waals surface area contributed by atoms with E-state index < -0.39 is 46.5 Å². The minimum Gasteiger partial charge on any atom is -0.305 e. The Kier molecular flexibility index (Phi) is 23.4. The predicted octanol–water partition coefficient (Wildman–Crippen LogP) is 38.2. The van der Waals surface area contributed by atoms with E-state index in [2.05, 4.69) is 31.2 Å². The van der Waals surface area contributed by atoms with Crippen molar-refractivity contribution in [2.45, 2.75) is 6.92 Å². The molecule has 0 aliphatic heterocycles. The second kappa shape index (κ2) is 37.5. The van der Waals surface area contributed by atoms with Crippen molar-refractivity contribution in [2.24, 2.45) is 0 Å². The van der Waals surface area contributed by atoms with Crippen LogP contribution in [0.25, 0.3) is 154 Å². The van der Waals surface area contributed by atoms with Crippen LogP contribution >= 0.6 is 0 Å². The number of hydrogen-bond acceptors (Lipinski definition) is 4. The minimum atomic E-state index is -0.559. The van der Waals surface area contributed by atoms with Gasteiger partial charge in [-0.05, 0) is 343 Å². The first kappa shape index (κ1) is 89.7. The second-order valence-corrected chi connectivity index (χ2v) is 35.8. The van der Waals surface area contributed by atoms with E-state index in [1.54, 1.807) is 165 Å². The zero-order valence-electron chi connectivity index (χ0n) is 76.8. The van der Waals surface area contributed by atoms with Crippen molar-refractivity contribution >= 4 is 133 Å². The molecule has 0 aliphatic carbocycles. The van der Waals surface area contributed by atoms with E-state index in [0.29, 0.717) is 33.9 Å². The zero-order chi connectivity index (χ0) is 98.1. The Labute approximate surface area is 822 Å². The molecule has 0 N–H and O–H groups in total. The molecule has 0 bridgehead atoms. The van der Waals surface area contributed by atoms with Crippen molar-refractivity contribution in [3.05, 3.63) is 531 Å². The molecular weight excluding hydrogens is 1810 g/mol. The van der Waals surface area contributed by atoms with Gasteiger partial charge in [-0.3, -0.25) is 0 Å². The molecule has 0 spiro atoms. The number of anilines is 12. The minimum absolute atomic E-state index is 0.134. The fraction of sp³-hybridized carbons (Fsp3) is 0.00775. The zero-order valence-corrected chi connectivity index (χ0v) is 76.8. The predicted molar refractivity (Wildman–Crippen MR) is 567 cm³/mol. The lowest BCUT2D eigenvalue weighted by atomic mass is 9.92. The molecule has 4 nitrogen and oxygen atoms in total. The molecule has 0 saturated carbocycles. The second-order valence-electron chi connectivity index (χ2n) is 35.8. The summed E-state index contributed by atoms with van der Waals surface area (Å²) in [6, 6.07) is 134. The summed E-state index contributed by atoms with van der Waals surface area (Å²) in [6.07, 6.45) is 0. The highest BCUT2D eigenvalue weighted by Gasteiger charge is 2.30. The van der Waals surface area contributed by atoms with Gasteiger partial charge in [0, 0.05) is 22.7 Å². The molecule has 0 aliphatic rings. The van der Waals surface area contributed by atoms with E-state index in [1.165, 1.54) is 90.5 Å². The van der Waals surface area contributed by atoms with Crippen LogP contribution in [0.1, 0.15) is 5.56 Å². The van der Waals surface area contributed by atoms with Crippen LogP contribution < -0.4 is 19.6 Å². The third-order valence-corrected chi connectivity index (χ3v) is 26.9. The summed E-state index contributed by atoms with van der Waals surface area (Å²) in [4.78, 5) is 6.43. The fourth-order valence-electron chi connectivity index (χ4n) is 19.9. The van der Waals surface area contributed by atoms with Crippen molar-refractivity contribution in [1.29, 1.82) is 0 Å². The van der Waals surface area contributed by atoms with Gasteiger partial charge in [-0.2, -0.15) is 0 Å². The molecule has 144 heavy (non-hydrogen) atoms. The fourth-order valence-corrected chi connectivity index (χ4v) is 19.9. The molecule has 24 aromatic rings. The molecule has 0 radical (unpaired) electrons. The molecule has 0 fully saturated rings. The lowest BCUT2D eigenvalue weighted by Crippen LogP contribution is -2.14. The van der Waals surface area contributed by atoms with Gasteiger partial charge in [-0.15, -0.1) is 0 Å². The average molecular weight is 1890 g/mol. The van der Waals surface area contributed by atoms with Gasteiger partial charge in [0.05, 0.1) is 45.5 Å². The number of benzene rings is 24. The van der Waals surface area contributed by atoms with Crippen molar-refractivity contribution < 1.29 is 48.3 Å². The van der Waals surface area contributed by atoms with Crippen LogP contribution in [0.3, 0.4) is 0 Å².